The molecule has 3 aromatic carbocycles. The molecule has 1 aromatic heterocycles. The maximum Gasteiger partial charge on any atom is 0.312 e. The number of hydrogen-bond donors (Lipinski definition) is 2. The number of carbonyl (C=O) groups is 2. The first kappa shape index (κ1) is 18.8. The molecule has 1 amide bonds. The van der Waals surface area contributed by atoms with Gasteiger partial charge in [-0.1, -0.05) is 76.6 Å². The summed E-state index contributed by atoms with van der Waals surface area (Å²) in [6.45, 7) is 0. The van der Waals surface area contributed by atoms with Crippen molar-refractivity contribution in [2.75, 3.05) is 0 Å². The highest BCUT2D eigenvalue weighted by molar-refractivity contribution is 9.10. The number of hydrazone groups is 1. The summed E-state index contributed by atoms with van der Waals surface area (Å²) in [5, 5.41) is 4.98. The van der Waals surface area contributed by atoms with Crippen LogP contribution in [0.5, 0.6) is 0 Å². The lowest BCUT2D eigenvalue weighted by Crippen LogP contribution is -2.28. The van der Waals surface area contributed by atoms with Gasteiger partial charge < -0.3 is 4.98 Å². The van der Waals surface area contributed by atoms with Gasteiger partial charge in [0.05, 0.1) is 11.3 Å². The molecule has 0 spiro atoms. The van der Waals surface area contributed by atoms with Crippen LogP contribution >= 0.6 is 15.9 Å². The SMILES string of the molecule is O=C(N/N=C(/c1ccccc1)c1ccc(Br)cc1)C(=O)c1c[nH]c2ccccc12. The topological polar surface area (TPSA) is 74.3 Å². The molecule has 0 bridgehead atoms. The maximum absolute atomic E-state index is 12.6. The molecule has 0 fully saturated rings. The maximum atomic E-state index is 12.6. The number of Topliss-reactive ketones (excluding diaryl/α,β-unsaturated/α-hetero) is 1. The Balaban J connectivity index is 1.64. The molecular weight excluding hydrogens is 430 g/mol. The van der Waals surface area contributed by atoms with Crippen molar-refractivity contribution in [1.29, 1.82) is 0 Å². The van der Waals surface area contributed by atoms with Crippen molar-refractivity contribution in [3.05, 3.63) is 106 Å². The third kappa shape index (κ3) is 4.02. The number of halogens is 1. The summed E-state index contributed by atoms with van der Waals surface area (Å²) in [6.07, 6.45) is 1.54. The highest BCUT2D eigenvalue weighted by Gasteiger charge is 2.20. The zero-order valence-corrected chi connectivity index (χ0v) is 16.8. The van der Waals surface area contributed by atoms with Crippen molar-refractivity contribution in [3.63, 3.8) is 0 Å². The van der Waals surface area contributed by atoms with Gasteiger partial charge in [0, 0.05) is 32.7 Å². The highest BCUT2D eigenvalue weighted by atomic mass is 79.9. The Morgan fingerprint density at radius 2 is 1.48 bits per heavy atom. The molecule has 5 nitrogen and oxygen atoms in total. The van der Waals surface area contributed by atoms with Gasteiger partial charge in [-0.25, -0.2) is 5.43 Å². The number of aromatic nitrogens is 1. The average molecular weight is 446 g/mol. The van der Waals surface area contributed by atoms with Gasteiger partial charge in [-0.2, -0.15) is 5.10 Å². The van der Waals surface area contributed by atoms with E-state index in [4.69, 9.17) is 0 Å². The molecule has 6 heteroatoms. The van der Waals surface area contributed by atoms with Gasteiger partial charge in [0.2, 0.25) is 0 Å². The van der Waals surface area contributed by atoms with Crippen LogP contribution in [0.3, 0.4) is 0 Å². The number of fused-ring (bicyclic) bond motifs is 1. The lowest BCUT2D eigenvalue weighted by molar-refractivity contribution is -0.116. The third-order valence-electron chi connectivity index (χ3n) is 4.47. The number of benzene rings is 3. The second-order valence-corrected chi connectivity index (χ2v) is 7.27. The summed E-state index contributed by atoms with van der Waals surface area (Å²) < 4.78 is 0.937. The first-order valence-electron chi connectivity index (χ1n) is 8.93. The van der Waals surface area contributed by atoms with Crippen LogP contribution in [0.4, 0.5) is 0 Å². The van der Waals surface area contributed by atoms with E-state index in [-0.39, 0.29) is 0 Å². The standard InChI is InChI=1S/C23H16BrN3O2/c24-17-12-10-16(11-13-17)21(15-6-2-1-3-7-15)26-27-23(29)22(28)19-14-25-20-9-5-4-8-18(19)20/h1-14,25H,(H,27,29)/b26-21-. The lowest BCUT2D eigenvalue weighted by Gasteiger charge is -2.08. The number of ketones is 1. The summed E-state index contributed by atoms with van der Waals surface area (Å²) in [4.78, 5) is 28.2. The fourth-order valence-electron chi connectivity index (χ4n) is 3.04. The van der Waals surface area contributed by atoms with E-state index in [1.54, 1.807) is 12.3 Å². The van der Waals surface area contributed by atoms with Crippen LogP contribution in [-0.2, 0) is 4.79 Å². The van der Waals surface area contributed by atoms with Crippen molar-refractivity contribution in [2.24, 2.45) is 5.10 Å². The van der Waals surface area contributed by atoms with Gasteiger partial charge in [-0.05, 0) is 18.2 Å². The van der Waals surface area contributed by atoms with Gasteiger partial charge in [-0.3, -0.25) is 9.59 Å². The Bertz CT molecular complexity index is 1210. The minimum atomic E-state index is -0.791. The van der Waals surface area contributed by atoms with Gasteiger partial charge in [0.25, 0.3) is 5.78 Å². The predicted octanol–water partition coefficient (Wildman–Crippen LogP) is 4.68. The summed E-state index contributed by atoms with van der Waals surface area (Å²) in [5.41, 5.74) is 5.75. The number of para-hydroxylation sites is 1. The first-order valence-corrected chi connectivity index (χ1v) is 9.72. The Morgan fingerprint density at radius 1 is 0.828 bits per heavy atom. The number of nitrogens with zero attached hydrogens (tertiary/aromatic N) is 1. The molecule has 4 rings (SSSR count). The summed E-state index contributed by atoms with van der Waals surface area (Å²) in [6, 6.07) is 24.4. The highest BCUT2D eigenvalue weighted by Crippen LogP contribution is 2.18. The van der Waals surface area contributed by atoms with E-state index >= 15 is 0 Å². The van der Waals surface area contributed by atoms with Crippen molar-refractivity contribution < 1.29 is 9.59 Å². The minimum Gasteiger partial charge on any atom is -0.360 e. The fourth-order valence-corrected chi connectivity index (χ4v) is 3.30. The molecule has 0 saturated heterocycles. The van der Waals surface area contributed by atoms with Crippen LogP contribution in [0.15, 0.2) is 94.6 Å². The molecular formula is C23H16BrN3O2. The van der Waals surface area contributed by atoms with Gasteiger partial charge in [0.1, 0.15) is 0 Å². The molecule has 0 aliphatic rings. The van der Waals surface area contributed by atoms with Crippen LogP contribution < -0.4 is 5.43 Å². The Kier molecular flexibility index (Phi) is 5.35. The Morgan fingerprint density at radius 3 is 2.24 bits per heavy atom. The largest absolute Gasteiger partial charge is 0.360 e. The molecule has 0 saturated carbocycles. The molecule has 0 aliphatic heterocycles. The number of H-pyrrole nitrogens is 1. The van der Waals surface area contributed by atoms with Gasteiger partial charge in [0.15, 0.2) is 0 Å². The number of rotatable bonds is 5. The second-order valence-electron chi connectivity index (χ2n) is 6.35. The zero-order valence-electron chi connectivity index (χ0n) is 15.2. The molecule has 142 valence electrons. The molecule has 0 radical (unpaired) electrons. The molecule has 29 heavy (non-hydrogen) atoms. The smallest absolute Gasteiger partial charge is 0.312 e. The van der Waals surface area contributed by atoms with Crippen molar-refractivity contribution in [3.8, 4) is 0 Å². The van der Waals surface area contributed by atoms with E-state index in [0.717, 1.165) is 21.1 Å². The monoisotopic (exact) mass is 445 g/mol. The third-order valence-corrected chi connectivity index (χ3v) is 5.00. The number of amides is 1. The average Bonchev–Trinajstić information content (AvgIpc) is 3.19. The fraction of sp³-hybridized carbons (Fsp3) is 0. The van der Waals surface area contributed by atoms with E-state index in [1.807, 2.05) is 72.8 Å². The van der Waals surface area contributed by atoms with E-state index in [9.17, 15) is 9.59 Å². The normalized spacial score (nSPS) is 11.4. The molecule has 0 atom stereocenters. The van der Waals surface area contributed by atoms with E-state index in [2.05, 4.69) is 31.4 Å². The predicted molar refractivity (Wildman–Crippen MR) is 117 cm³/mol. The van der Waals surface area contributed by atoms with Gasteiger partial charge in [-0.15, -0.1) is 0 Å². The van der Waals surface area contributed by atoms with Crippen molar-refractivity contribution in [2.45, 2.75) is 0 Å². The number of nitrogens with one attached hydrogen (secondary N) is 2. The summed E-state index contributed by atoms with van der Waals surface area (Å²) >= 11 is 3.42. The summed E-state index contributed by atoms with van der Waals surface area (Å²) in [5.74, 6) is -1.44. The first-order chi connectivity index (χ1) is 14.1. The number of hydrogen-bond acceptors (Lipinski definition) is 3. The number of carbonyl (C=O) groups excluding carboxylic acids is 2. The van der Waals surface area contributed by atoms with Crippen molar-refractivity contribution in [1.82, 2.24) is 10.4 Å². The molecule has 0 unspecified atom stereocenters. The summed E-state index contributed by atoms with van der Waals surface area (Å²) in [7, 11) is 0. The van der Waals surface area contributed by atoms with Crippen LogP contribution in [0, 0.1) is 0 Å². The Labute approximate surface area is 175 Å². The van der Waals surface area contributed by atoms with E-state index in [0.29, 0.717) is 16.7 Å². The van der Waals surface area contributed by atoms with Crippen LogP contribution in [-0.4, -0.2) is 22.4 Å². The molecule has 0 aliphatic carbocycles. The van der Waals surface area contributed by atoms with Crippen LogP contribution in [0.25, 0.3) is 10.9 Å². The van der Waals surface area contributed by atoms with Crippen molar-refractivity contribution >= 4 is 44.2 Å². The second kappa shape index (κ2) is 8.24. The molecule has 1 heterocycles. The zero-order chi connectivity index (χ0) is 20.2. The van der Waals surface area contributed by atoms with Crippen LogP contribution in [0.2, 0.25) is 0 Å². The molecule has 4 aromatic rings. The number of aromatic amines is 1. The Hall–Kier alpha value is -3.51. The van der Waals surface area contributed by atoms with E-state index < -0.39 is 11.7 Å². The molecule has 2 N–H and O–H groups in total. The van der Waals surface area contributed by atoms with Crippen LogP contribution in [0.1, 0.15) is 21.5 Å². The van der Waals surface area contributed by atoms with Gasteiger partial charge >= 0.3 is 5.91 Å². The van der Waals surface area contributed by atoms with E-state index in [1.165, 1.54) is 0 Å². The quantitative estimate of drug-likeness (QED) is 0.202. The minimum absolute atomic E-state index is 0.318. The lowest BCUT2D eigenvalue weighted by atomic mass is 10.0.